The van der Waals surface area contributed by atoms with Gasteiger partial charge in [-0.3, -0.25) is 9.89 Å². The zero-order valence-electron chi connectivity index (χ0n) is 17.2. The minimum atomic E-state index is 0.489. The quantitative estimate of drug-likeness (QED) is 0.538. The fourth-order valence-electron chi connectivity index (χ4n) is 3.35. The predicted octanol–water partition coefficient (Wildman–Crippen LogP) is 2.68. The number of hydrogen-bond acceptors (Lipinski definition) is 4. The van der Waals surface area contributed by atoms with Crippen molar-refractivity contribution >= 4 is 17.3 Å². The van der Waals surface area contributed by atoms with Crippen molar-refractivity contribution in [2.45, 2.75) is 39.7 Å². The SMILES string of the molecule is CCNC(=NCC(C(C)C)N1CCN(C)CC1)NCC(C)c1ccsc1. The van der Waals surface area contributed by atoms with E-state index in [4.69, 9.17) is 4.99 Å². The molecular formula is C20H37N5S. The van der Waals surface area contributed by atoms with E-state index in [1.165, 1.54) is 5.56 Å². The van der Waals surface area contributed by atoms with Crippen LogP contribution in [0.1, 0.15) is 39.2 Å². The Kier molecular flexibility index (Phi) is 8.88. The highest BCUT2D eigenvalue weighted by Gasteiger charge is 2.24. The molecule has 0 saturated carbocycles. The van der Waals surface area contributed by atoms with Crippen molar-refractivity contribution < 1.29 is 0 Å². The maximum absolute atomic E-state index is 4.92. The van der Waals surface area contributed by atoms with Gasteiger partial charge in [0.1, 0.15) is 0 Å². The average Bonchev–Trinajstić information content (AvgIpc) is 3.15. The molecule has 2 unspecified atom stereocenters. The second-order valence-corrected chi connectivity index (χ2v) is 8.49. The number of nitrogens with zero attached hydrogens (tertiary/aromatic N) is 3. The molecule has 6 heteroatoms. The number of hydrogen-bond donors (Lipinski definition) is 2. The standard InChI is InChI=1S/C20H37N5S/c1-6-21-20(22-13-17(4)18-7-12-26-15-18)23-14-19(16(2)3)25-10-8-24(5)9-11-25/h7,12,15-17,19H,6,8-11,13-14H2,1-5H3,(H2,21,22,23). The lowest BCUT2D eigenvalue weighted by Gasteiger charge is -2.39. The predicted molar refractivity (Wildman–Crippen MR) is 114 cm³/mol. The van der Waals surface area contributed by atoms with Crippen LogP contribution in [-0.4, -0.2) is 74.7 Å². The van der Waals surface area contributed by atoms with Gasteiger partial charge in [0, 0.05) is 45.3 Å². The van der Waals surface area contributed by atoms with Gasteiger partial charge in [0.2, 0.25) is 0 Å². The Balaban J connectivity index is 1.92. The van der Waals surface area contributed by atoms with Gasteiger partial charge in [-0.2, -0.15) is 11.3 Å². The molecule has 1 saturated heterocycles. The molecule has 0 aromatic carbocycles. The second-order valence-electron chi connectivity index (χ2n) is 7.71. The van der Waals surface area contributed by atoms with E-state index in [1.54, 1.807) is 11.3 Å². The van der Waals surface area contributed by atoms with Crippen LogP contribution in [0.4, 0.5) is 0 Å². The molecule has 2 atom stereocenters. The van der Waals surface area contributed by atoms with Crippen LogP contribution in [0, 0.1) is 5.92 Å². The Labute approximate surface area is 163 Å². The molecule has 1 fully saturated rings. The molecule has 0 radical (unpaired) electrons. The van der Waals surface area contributed by atoms with Gasteiger partial charge >= 0.3 is 0 Å². The van der Waals surface area contributed by atoms with Crippen LogP contribution >= 0.6 is 11.3 Å². The molecule has 2 rings (SSSR count). The Morgan fingerprint density at radius 1 is 1.19 bits per heavy atom. The fraction of sp³-hybridized carbons (Fsp3) is 0.750. The number of nitrogens with one attached hydrogen (secondary N) is 2. The smallest absolute Gasteiger partial charge is 0.191 e. The zero-order chi connectivity index (χ0) is 18.9. The summed E-state index contributed by atoms with van der Waals surface area (Å²) in [5, 5.41) is 11.3. The Morgan fingerprint density at radius 2 is 1.92 bits per heavy atom. The Morgan fingerprint density at radius 3 is 2.50 bits per heavy atom. The Bertz CT molecular complexity index is 520. The number of aliphatic imine (C=N–C) groups is 1. The lowest BCUT2D eigenvalue weighted by molar-refractivity contribution is 0.0925. The summed E-state index contributed by atoms with van der Waals surface area (Å²) in [6.45, 7) is 16.3. The van der Waals surface area contributed by atoms with Crippen LogP contribution in [0.5, 0.6) is 0 Å². The second kappa shape index (κ2) is 10.9. The van der Waals surface area contributed by atoms with E-state index in [1.807, 2.05) is 0 Å². The maximum Gasteiger partial charge on any atom is 0.191 e. The van der Waals surface area contributed by atoms with E-state index < -0.39 is 0 Å². The summed E-state index contributed by atoms with van der Waals surface area (Å²) in [6, 6.07) is 2.72. The number of rotatable bonds is 8. The molecule has 2 N–H and O–H groups in total. The van der Waals surface area contributed by atoms with Gasteiger partial charge in [0.15, 0.2) is 5.96 Å². The van der Waals surface area contributed by atoms with Crippen molar-refractivity contribution in [3.05, 3.63) is 22.4 Å². The van der Waals surface area contributed by atoms with E-state index >= 15 is 0 Å². The highest BCUT2D eigenvalue weighted by atomic mass is 32.1. The lowest BCUT2D eigenvalue weighted by atomic mass is 10.0. The molecule has 0 amide bonds. The number of piperazine rings is 1. The van der Waals surface area contributed by atoms with Crippen molar-refractivity contribution in [2.75, 3.05) is 52.9 Å². The molecule has 0 bridgehead atoms. The first-order chi connectivity index (χ1) is 12.5. The van der Waals surface area contributed by atoms with Gasteiger partial charge in [0.25, 0.3) is 0 Å². The molecule has 1 aliphatic heterocycles. The average molecular weight is 380 g/mol. The number of guanidine groups is 1. The summed E-state index contributed by atoms with van der Waals surface area (Å²) >= 11 is 1.76. The van der Waals surface area contributed by atoms with Gasteiger partial charge in [-0.05, 0) is 48.2 Å². The van der Waals surface area contributed by atoms with Crippen LogP contribution in [0.15, 0.2) is 21.8 Å². The summed E-state index contributed by atoms with van der Waals surface area (Å²) in [6.07, 6.45) is 0. The topological polar surface area (TPSA) is 42.9 Å². The van der Waals surface area contributed by atoms with Crippen LogP contribution in [-0.2, 0) is 0 Å². The third kappa shape index (κ3) is 6.56. The normalized spacial score (nSPS) is 19.5. The van der Waals surface area contributed by atoms with Gasteiger partial charge in [-0.1, -0.05) is 20.8 Å². The molecule has 148 valence electrons. The van der Waals surface area contributed by atoms with E-state index in [9.17, 15) is 0 Å². The van der Waals surface area contributed by atoms with Crippen LogP contribution < -0.4 is 10.6 Å². The van der Waals surface area contributed by atoms with Gasteiger partial charge in [-0.15, -0.1) is 0 Å². The molecule has 1 aliphatic rings. The summed E-state index contributed by atoms with van der Waals surface area (Å²) < 4.78 is 0. The molecule has 5 nitrogen and oxygen atoms in total. The zero-order valence-corrected chi connectivity index (χ0v) is 18.0. The third-order valence-corrected chi connectivity index (χ3v) is 5.95. The number of thiophene rings is 1. The van der Waals surface area contributed by atoms with Gasteiger partial charge in [-0.25, -0.2) is 0 Å². The van der Waals surface area contributed by atoms with Crippen molar-refractivity contribution in [2.24, 2.45) is 10.9 Å². The molecule has 2 heterocycles. The maximum atomic E-state index is 4.92. The minimum absolute atomic E-state index is 0.489. The van der Waals surface area contributed by atoms with Crippen molar-refractivity contribution in [1.29, 1.82) is 0 Å². The molecular weight excluding hydrogens is 342 g/mol. The van der Waals surface area contributed by atoms with Crippen molar-refractivity contribution in [1.82, 2.24) is 20.4 Å². The lowest BCUT2D eigenvalue weighted by Crippen LogP contribution is -2.52. The van der Waals surface area contributed by atoms with Crippen molar-refractivity contribution in [3.8, 4) is 0 Å². The molecule has 1 aromatic rings. The summed E-state index contributed by atoms with van der Waals surface area (Å²) in [5.74, 6) is 2.03. The van der Waals surface area contributed by atoms with Crippen LogP contribution in [0.3, 0.4) is 0 Å². The van der Waals surface area contributed by atoms with E-state index in [0.29, 0.717) is 17.9 Å². The minimum Gasteiger partial charge on any atom is -0.357 e. The first-order valence-electron chi connectivity index (χ1n) is 9.98. The van der Waals surface area contributed by atoms with E-state index in [-0.39, 0.29) is 0 Å². The van der Waals surface area contributed by atoms with E-state index in [2.05, 4.69) is 72.0 Å². The molecule has 0 aliphatic carbocycles. The molecule has 26 heavy (non-hydrogen) atoms. The number of likely N-dealkylation sites (N-methyl/N-ethyl adjacent to an activating group) is 1. The van der Waals surface area contributed by atoms with Crippen LogP contribution in [0.25, 0.3) is 0 Å². The third-order valence-electron chi connectivity index (χ3n) is 5.25. The highest BCUT2D eigenvalue weighted by molar-refractivity contribution is 7.07. The summed E-state index contributed by atoms with van der Waals surface area (Å²) in [7, 11) is 2.21. The van der Waals surface area contributed by atoms with Crippen LogP contribution in [0.2, 0.25) is 0 Å². The molecule has 0 spiro atoms. The van der Waals surface area contributed by atoms with Crippen molar-refractivity contribution in [3.63, 3.8) is 0 Å². The molecule has 1 aromatic heterocycles. The fourth-order valence-corrected chi connectivity index (χ4v) is 4.13. The Hall–Kier alpha value is -1.11. The largest absolute Gasteiger partial charge is 0.357 e. The summed E-state index contributed by atoms with van der Waals surface area (Å²) in [4.78, 5) is 9.95. The van der Waals surface area contributed by atoms with Gasteiger partial charge < -0.3 is 15.5 Å². The first-order valence-corrected chi connectivity index (χ1v) is 10.9. The van der Waals surface area contributed by atoms with E-state index in [0.717, 1.165) is 51.8 Å². The first kappa shape index (κ1) is 21.2. The van der Waals surface area contributed by atoms with Gasteiger partial charge in [0.05, 0.1) is 6.54 Å². The highest BCUT2D eigenvalue weighted by Crippen LogP contribution is 2.17. The monoisotopic (exact) mass is 379 g/mol. The summed E-state index contributed by atoms with van der Waals surface area (Å²) in [5.41, 5.74) is 1.40.